The topological polar surface area (TPSA) is 288 Å². The first-order valence-electron chi connectivity index (χ1n) is 8.79. The van der Waals surface area contributed by atoms with Gasteiger partial charge in [-0.1, -0.05) is 0 Å². The third-order valence-electron chi connectivity index (χ3n) is 4.09. The van der Waals surface area contributed by atoms with E-state index in [0.29, 0.717) is 0 Å². The lowest BCUT2D eigenvalue weighted by atomic mass is 10.1. The van der Waals surface area contributed by atoms with Crippen LogP contribution in [0.1, 0.15) is 13.2 Å². The fraction of sp³-hybridized carbons (Fsp3) is 0.500. The first kappa shape index (κ1) is 26.7. The molecule has 2 aromatic rings. The molecule has 0 radical (unpaired) electrons. The minimum atomic E-state index is -5.82. The van der Waals surface area contributed by atoms with Crippen molar-refractivity contribution in [3.8, 4) is 0 Å². The number of phosphoric ester groups is 1. The number of ether oxygens (including phenoxy) is 2. The Bertz CT molecular complexity index is 1220. The summed E-state index contributed by atoms with van der Waals surface area (Å²) < 4.78 is 57.3. The van der Waals surface area contributed by atoms with Gasteiger partial charge in [-0.05, 0) is 0 Å². The molecule has 0 bridgehead atoms. The van der Waals surface area contributed by atoms with Crippen LogP contribution in [-0.4, -0.2) is 70.2 Å². The second-order valence-corrected chi connectivity index (χ2v) is 11.0. The highest BCUT2D eigenvalue weighted by molar-refractivity contribution is 7.66. The second-order valence-electron chi connectivity index (χ2n) is 6.58. The maximum atomic E-state index is 11.9. The number of aromatic nitrogens is 4. The number of imidazole rings is 1. The molecule has 34 heavy (non-hydrogen) atoms. The molecule has 190 valence electrons. The number of aliphatic hydroxyl groups excluding tert-OH is 1. The molecule has 0 amide bonds. The van der Waals surface area contributed by atoms with E-state index in [1.807, 2.05) is 0 Å². The van der Waals surface area contributed by atoms with Crippen LogP contribution in [-0.2, 0) is 41.1 Å². The zero-order valence-corrected chi connectivity index (χ0v) is 19.4. The Morgan fingerprint density at radius 3 is 2.50 bits per heavy atom. The Morgan fingerprint density at radius 1 is 1.21 bits per heavy atom. The number of hydrogen-bond donors (Lipinski definition) is 5. The summed E-state index contributed by atoms with van der Waals surface area (Å²) in [6.07, 6.45) is -3.57. The summed E-state index contributed by atoms with van der Waals surface area (Å²) in [5, 5.41) is 10.6. The number of fused-ring (bicyclic) bond motifs is 1. The second kappa shape index (κ2) is 9.66. The Hall–Kier alpha value is -1.85. The smallest absolute Gasteiger partial charge is 0.487 e. The van der Waals surface area contributed by atoms with Crippen LogP contribution in [0.4, 0.5) is 5.82 Å². The van der Waals surface area contributed by atoms with Gasteiger partial charge in [-0.15, -0.1) is 0 Å². The Balaban J connectivity index is 1.78. The number of phosphoric acid groups is 3. The van der Waals surface area contributed by atoms with Gasteiger partial charge in [0.15, 0.2) is 23.8 Å². The van der Waals surface area contributed by atoms with Crippen molar-refractivity contribution in [1.29, 1.82) is 0 Å². The Kier molecular flexibility index (Phi) is 7.60. The first-order chi connectivity index (χ1) is 15.6. The van der Waals surface area contributed by atoms with Crippen molar-refractivity contribution in [3.63, 3.8) is 0 Å². The maximum Gasteiger partial charge on any atom is 0.487 e. The molecule has 0 aromatic carbocycles. The van der Waals surface area contributed by atoms with Crippen molar-refractivity contribution < 1.29 is 65.8 Å². The summed E-state index contributed by atoms with van der Waals surface area (Å²) in [5.74, 6) is -0.802. The number of nitrogens with two attached hydrogens (primary N) is 1. The molecule has 7 atom stereocenters. The molecule has 0 aliphatic carbocycles. The molecule has 2 aromatic heterocycles. The van der Waals surface area contributed by atoms with Gasteiger partial charge >= 0.3 is 21.6 Å². The third kappa shape index (κ3) is 6.42. The summed E-state index contributed by atoms with van der Waals surface area (Å²) in [7, 11) is -17.1. The van der Waals surface area contributed by atoms with Crippen LogP contribution in [0.3, 0.4) is 0 Å². The fourth-order valence-electron chi connectivity index (χ4n) is 2.92. The van der Waals surface area contributed by atoms with Gasteiger partial charge in [0.05, 0.1) is 12.9 Å². The van der Waals surface area contributed by atoms with Crippen molar-refractivity contribution >= 4 is 46.4 Å². The first-order valence-corrected chi connectivity index (χ1v) is 13.3. The minimum absolute atomic E-state index is 0.0192. The van der Waals surface area contributed by atoms with Gasteiger partial charge < -0.3 is 39.9 Å². The average molecular weight is 548 g/mol. The van der Waals surface area contributed by atoms with Gasteiger partial charge in [0.2, 0.25) is 0 Å². The van der Waals surface area contributed by atoms with Crippen molar-refractivity contribution in [2.75, 3.05) is 12.3 Å². The van der Waals surface area contributed by atoms with Crippen molar-refractivity contribution in [1.82, 2.24) is 19.5 Å². The van der Waals surface area contributed by atoms with E-state index >= 15 is 0 Å². The van der Waals surface area contributed by atoms with Gasteiger partial charge in [0, 0.05) is 6.92 Å². The van der Waals surface area contributed by atoms with Crippen LogP contribution < -0.4 is 10.6 Å². The molecule has 3 rings (SSSR count). The number of anilines is 1. The number of nitrogen functional groups attached to an aromatic ring is 1. The standard InChI is InChI=1S/C12H18N5O14P3/c1-5(18)28-9-8(19)6(2-27-33(23,24)31-34(25,26)30-32(20,21)22)29-12(9)17-4-16-7-10(13)14-3-15-11(7)17/h3-4,6,8-9,12,19H,2H2,1H3,(H,23,24)(H,25,26)(H2,13,14,15)(H2,20,21,22)/p-1/t6-,8-,9-,12-/m1/s1. The largest absolute Gasteiger partial charge is 0.756 e. The quantitative estimate of drug-likeness (QED) is 0.172. The molecule has 3 heterocycles. The maximum absolute atomic E-state index is 11.9. The monoisotopic (exact) mass is 548 g/mol. The molecule has 6 N–H and O–H groups in total. The van der Waals surface area contributed by atoms with Gasteiger partial charge in [-0.25, -0.2) is 28.4 Å². The lowest BCUT2D eigenvalue weighted by molar-refractivity contribution is -0.212. The molecule has 19 nitrogen and oxygen atoms in total. The van der Waals surface area contributed by atoms with Crippen molar-refractivity contribution in [3.05, 3.63) is 12.7 Å². The molecular weight excluding hydrogens is 531 g/mol. The highest BCUT2D eigenvalue weighted by atomic mass is 31.3. The van der Waals surface area contributed by atoms with E-state index in [2.05, 4.69) is 28.1 Å². The number of hydrogen-bond acceptors (Lipinski definition) is 15. The van der Waals surface area contributed by atoms with Crippen molar-refractivity contribution in [2.45, 2.75) is 31.5 Å². The van der Waals surface area contributed by atoms with E-state index in [9.17, 15) is 33.4 Å². The summed E-state index contributed by atoms with van der Waals surface area (Å²) in [4.78, 5) is 61.0. The van der Waals surface area contributed by atoms with E-state index in [-0.39, 0.29) is 17.0 Å². The van der Waals surface area contributed by atoms with E-state index < -0.39 is 60.6 Å². The van der Waals surface area contributed by atoms with E-state index in [4.69, 9.17) is 25.0 Å². The van der Waals surface area contributed by atoms with Crippen LogP contribution in [0.2, 0.25) is 0 Å². The highest BCUT2D eigenvalue weighted by Crippen LogP contribution is 2.65. The van der Waals surface area contributed by atoms with Gasteiger partial charge in [-0.3, -0.25) is 18.5 Å². The van der Waals surface area contributed by atoms with Crippen LogP contribution in [0.5, 0.6) is 0 Å². The van der Waals surface area contributed by atoms with Gasteiger partial charge in [0.1, 0.15) is 24.1 Å². The fourth-order valence-corrected chi connectivity index (χ4v) is 5.92. The molecule has 1 saturated heterocycles. The molecule has 0 spiro atoms. The lowest BCUT2D eigenvalue weighted by Gasteiger charge is -2.21. The molecule has 3 unspecified atom stereocenters. The number of carbonyl (C=O) groups is 1. The zero-order chi connectivity index (χ0) is 25.5. The van der Waals surface area contributed by atoms with Crippen LogP contribution in [0, 0.1) is 0 Å². The molecule has 1 aliphatic heterocycles. The number of carbonyl (C=O) groups excluding carboxylic acids is 1. The number of aliphatic hydroxyl groups is 1. The van der Waals surface area contributed by atoms with Crippen LogP contribution in [0.25, 0.3) is 11.2 Å². The normalized spacial score (nSPS) is 28.2. The van der Waals surface area contributed by atoms with Gasteiger partial charge in [0.25, 0.3) is 7.82 Å². The summed E-state index contributed by atoms with van der Waals surface area (Å²) in [6, 6.07) is 0. The predicted molar refractivity (Wildman–Crippen MR) is 103 cm³/mol. The summed E-state index contributed by atoms with van der Waals surface area (Å²) >= 11 is 0. The number of esters is 1. The lowest BCUT2D eigenvalue weighted by Crippen LogP contribution is -2.36. The SMILES string of the molecule is CC(=O)O[C@@H]1[C@H](O)[C@@H](COP(=O)(O)OP(=O)(O)OP(=O)([O-])O)O[C@H]1n1cnc2c(N)ncnc21. The third-order valence-corrected chi connectivity index (χ3v) is 7.87. The molecule has 1 fully saturated rings. The number of nitrogens with zero attached hydrogens (tertiary/aromatic N) is 4. The van der Waals surface area contributed by atoms with Crippen LogP contribution >= 0.6 is 23.5 Å². The van der Waals surface area contributed by atoms with Crippen LogP contribution in [0.15, 0.2) is 12.7 Å². The van der Waals surface area contributed by atoms with Gasteiger partial charge in [-0.2, -0.15) is 4.31 Å². The summed E-state index contributed by atoms with van der Waals surface area (Å²) in [6.45, 7) is 0.0469. The molecule has 1 aliphatic rings. The highest BCUT2D eigenvalue weighted by Gasteiger charge is 2.49. The van der Waals surface area contributed by atoms with E-state index in [0.717, 1.165) is 13.3 Å². The Labute approximate surface area is 188 Å². The zero-order valence-electron chi connectivity index (χ0n) is 16.8. The van der Waals surface area contributed by atoms with E-state index in [1.54, 1.807) is 0 Å². The molecular formula is C12H17N5O14P3-. The average Bonchev–Trinajstić information content (AvgIpc) is 3.20. The predicted octanol–water partition coefficient (Wildman–Crippen LogP) is -1.69. The van der Waals surface area contributed by atoms with Crippen molar-refractivity contribution in [2.24, 2.45) is 0 Å². The molecule has 0 saturated carbocycles. The molecule has 22 heteroatoms. The summed E-state index contributed by atoms with van der Waals surface area (Å²) in [5.41, 5.74) is 6.01. The minimum Gasteiger partial charge on any atom is -0.756 e. The Morgan fingerprint density at radius 2 is 1.88 bits per heavy atom. The van der Waals surface area contributed by atoms with E-state index in [1.165, 1.54) is 10.9 Å². The number of rotatable bonds is 9.